The molecule has 0 spiro atoms. The van der Waals surface area contributed by atoms with Gasteiger partial charge >= 0.3 is 0 Å². The van der Waals surface area contributed by atoms with Gasteiger partial charge in [0.15, 0.2) is 0 Å². The van der Waals surface area contributed by atoms with Crippen molar-refractivity contribution in [2.75, 3.05) is 0 Å². The van der Waals surface area contributed by atoms with Gasteiger partial charge in [-0.1, -0.05) is 89.2 Å². The molecule has 0 unspecified atom stereocenters. The molecule has 0 saturated carbocycles. The smallest absolute Gasteiger partial charge is 0.133 e. The van der Waals surface area contributed by atoms with Crippen LogP contribution in [0.3, 0.4) is 0 Å². The van der Waals surface area contributed by atoms with Crippen molar-refractivity contribution in [2.45, 2.75) is 105 Å². The molecule has 0 aliphatic carbocycles. The molecule has 0 amide bonds. The van der Waals surface area contributed by atoms with Crippen LogP contribution in [0.2, 0.25) is 0 Å². The van der Waals surface area contributed by atoms with Crippen molar-refractivity contribution in [3.8, 4) is 0 Å². The highest BCUT2D eigenvalue weighted by Crippen LogP contribution is 2.19. The van der Waals surface area contributed by atoms with Gasteiger partial charge in [0.2, 0.25) is 0 Å². The first-order valence-corrected chi connectivity index (χ1v) is 13.6. The lowest BCUT2D eigenvalue weighted by Crippen LogP contribution is -2.14. The second kappa shape index (κ2) is 15.2. The molecule has 7 nitrogen and oxygen atoms in total. The largest absolute Gasteiger partial charge is 0.261 e. The van der Waals surface area contributed by atoms with E-state index < -0.39 is 0 Å². The van der Waals surface area contributed by atoms with Crippen LogP contribution in [0.25, 0.3) is 0 Å². The Hall–Kier alpha value is -3.61. The molecule has 7 heteroatoms. The van der Waals surface area contributed by atoms with Gasteiger partial charge < -0.3 is 0 Å². The molecule has 0 N–H and O–H groups in total. The van der Waals surface area contributed by atoms with Crippen molar-refractivity contribution in [3.05, 3.63) is 103 Å². The standard InChI is InChI=1S/C9H13N.3C8H12N2/c1-9(2,3)8-6-4-5-7-10-8;1-8(2,3)7-6-9-4-5-10-7;1-8(2,3)7-4-5-9-6-10-7;1-8(2,3)7-9-5-4-6-10-7/h4-7H,1-3H3;3*4-6H,1-3H3. The summed E-state index contributed by atoms with van der Waals surface area (Å²) in [5.41, 5.74) is 3.78. The first kappa shape index (κ1) is 34.4. The minimum atomic E-state index is 0.0707. The van der Waals surface area contributed by atoms with Gasteiger partial charge in [-0.2, -0.15) is 0 Å². The zero-order valence-electron chi connectivity index (χ0n) is 26.6. The molecule has 4 rings (SSSR count). The maximum atomic E-state index is 4.25. The SMILES string of the molecule is CC(C)(C)c1ccccn1.CC(C)(C)c1ccncn1.CC(C)(C)c1cnccn1.CC(C)(C)c1ncccn1. The predicted octanol–water partition coefficient (Wildman–Crippen LogP) is 7.70. The Labute approximate surface area is 242 Å². The number of hydrogen-bond acceptors (Lipinski definition) is 7. The topological polar surface area (TPSA) is 90.2 Å². The van der Waals surface area contributed by atoms with E-state index >= 15 is 0 Å². The van der Waals surface area contributed by atoms with Crippen LogP contribution in [0.4, 0.5) is 0 Å². The van der Waals surface area contributed by atoms with Crippen molar-refractivity contribution in [1.82, 2.24) is 34.9 Å². The summed E-state index contributed by atoms with van der Waals surface area (Å²) in [6.45, 7) is 25.6. The summed E-state index contributed by atoms with van der Waals surface area (Å²) in [5.74, 6) is 0.898. The lowest BCUT2D eigenvalue weighted by Gasteiger charge is -2.16. The van der Waals surface area contributed by atoms with Crippen LogP contribution < -0.4 is 0 Å². The zero-order chi connectivity index (χ0) is 30.5. The normalized spacial score (nSPS) is 11.5. The van der Waals surface area contributed by atoms with Crippen LogP contribution in [0.1, 0.15) is 106 Å². The summed E-state index contributed by atoms with van der Waals surface area (Å²) < 4.78 is 0. The molecule has 0 aromatic carbocycles. The second-order valence-electron chi connectivity index (χ2n) is 13.5. The molecule has 216 valence electrons. The number of hydrogen-bond donors (Lipinski definition) is 0. The lowest BCUT2D eigenvalue weighted by molar-refractivity contribution is 0.545. The van der Waals surface area contributed by atoms with Gasteiger partial charge in [-0.3, -0.25) is 15.0 Å². The number of aromatic nitrogens is 7. The predicted molar refractivity (Wildman–Crippen MR) is 165 cm³/mol. The molecule has 0 aliphatic rings. The van der Waals surface area contributed by atoms with Crippen molar-refractivity contribution in [3.63, 3.8) is 0 Å². The van der Waals surface area contributed by atoms with Gasteiger partial charge in [-0.25, -0.2) is 19.9 Å². The van der Waals surface area contributed by atoms with E-state index in [0.29, 0.717) is 0 Å². The number of nitrogens with zero attached hydrogens (tertiary/aromatic N) is 7. The quantitative estimate of drug-likeness (QED) is 0.224. The lowest BCUT2D eigenvalue weighted by atomic mass is 9.92. The van der Waals surface area contributed by atoms with E-state index in [2.05, 4.69) is 124 Å². The maximum absolute atomic E-state index is 4.25. The average molecular weight is 544 g/mol. The fourth-order valence-electron chi connectivity index (χ4n) is 2.91. The van der Waals surface area contributed by atoms with Crippen LogP contribution in [-0.4, -0.2) is 34.9 Å². The Kier molecular flexibility index (Phi) is 13.1. The zero-order valence-corrected chi connectivity index (χ0v) is 26.6. The van der Waals surface area contributed by atoms with E-state index in [1.54, 1.807) is 43.5 Å². The number of pyridine rings is 1. The summed E-state index contributed by atoms with van der Waals surface area (Å²) in [5, 5.41) is 0. The molecule has 0 atom stereocenters. The molecular formula is C33H49N7. The van der Waals surface area contributed by atoms with E-state index in [1.165, 1.54) is 0 Å². The van der Waals surface area contributed by atoms with E-state index in [4.69, 9.17) is 0 Å². The van der Waals surface area contributed by atoms with Gasteiger partial charge in [0.25, 0.3) is 0 Å². The van der Waals surface area contributed by atoms with Gasteiger partial charge in [0.1, 0.15) is 12.2 Å². The first-order valence-electron chi connectivity index (χ1n) is 13.6. The fraction of sp³-hybridized carbons (Fsp3) is 0.485. The van der Waals surface area contributed by atoms with Crippen LogP contribution in [-0.2, 0) is 21.7 Å². The average Bonchev–Trinajstić information content (AvgIpc) is 2.90. The third-order valence-corrected chi connectivity index (χ3v) is 5.35. The van der Waals surface area contributed by atoms with Gasteiger partial charge in [0, 0.05) is 76.4 Å². The molecule has 0 bridgehead atoms. The van der Waals surface area contributed by atoms with Crippen LogP contribution in [0.5, 0.6) is 0 Å². The molecule has 4 aromatic heterocycles. The van der Waals surface area contributed by atoms with Crippen molar-refractivity contribution in [1.29, 1.82) is 0 Å². The third kappa shape index (κ3) is 14.0. The van der Waals surface area contributed by atoms with Gasteiger partial charge in [-0.05, 0) is 24.3 Å². The Morgan fingerprint density at radius 1 is 0.400 bits per heavy atom. The monoisotopic (exact) mass is 543 g/mol. The Balaban J connectivity index is 0.000000267. The third-order valence-electron chi connectivity index (χ3n) is 5.35. The molecule has 4 heterocycles. The summed E-state index contributed by atoms with van der Waals surface area (Å²) in [4.78, 5) is 28.7. The van der Waals surface area contributed by atoms with E-state index in [-0.39, 0.29) is 21.7 Å². The summed E-state index contributed by atoms with van der Waals surface area (Å²) >= 11 is 0. The highest BCUT2D eigenvalue weighted by molar-refractivity contribution is 5.12. The highest BCUT2D eigenvalue weighted by Gasteiger charge is 2.16. The summed E-state index contributed by atoms with van der Waals surface area (Å²) in [7, 11) is 0. The maximum Gasteiger partial charge on any atom is 0.133 e. The Bertz CT molecular complexity index is 989. The van der Waals surface area contributed by atoms with E-state index in [0.717, 1.165) is 22.9 Å². The molecular weight excluding hydrogens is 494 g/mol. The molecule has 0 aliphatic heterocycles. The van der Waals surface area contributed by atoms with Crippen molar-refractivity contribution >= 4 is 0 Å². The Morgan fingerprint density at radius 3 is 1.23 bits per heavy atom. The highest BCUT2D eigenvalue weighted by atomic mass is 14.9. The van der Waals surface area contributed by atoms with Gasteiger partial charge in [-0.15, -0.1) is 0 Å². The number of rotatable bonds is 0. The van der Waals surface area contributed by atoms with Crippen LogP contribution >= 0.6 is 0 Å². The van der Waals surface area contributed by atoms with E-state index in [9.17, 15) is 0 Å². The molecule has 0 saturated heterocycles. The van der Waals surface area contributed by atoms with Crippen molar-refractivity contribution in [2.24, 2.45) is 0 Å². The minimum absolute atomic E-state index is 0.0707. The first-order chi connectivity index (χ1) is 18.4. The molecule has 4 aromatic rings. The van der Waals surface area contributed by atoms with Crippen LogP contribution in [0.15, 0.2) is 80.0 Å². The molecule has 0 fully saturated rings. The second-order valence-corrected chi connectivity index (χ2v) is 13.5. The van der Waals surface area contributed by atoms with Gasteiger partial charge in [0.05, 0.1) is 5.69 Å². The summed E-state index contributed by atoms with van der Waals surface area (Å²) in [6, 6.07) is 9.79. The van der Waals surface area contributed by atoms with Crippen LogP contribution in [0, 0.1) is 0 Å². The van der Waals surface area contributed by atoms with Crippen molar-refractivity contribution < 1.29 is 0 Å². The Morgan fingerprint density at radius 2 is 0.925 bits per heavy atom. The van der Waals surface area contributed by atoms with E-state index in [1.807, 2.05) is 30.5 Å². The molecule has 0 radical (unpaired) electrons. The fourth-order valence-corrected chi connectivity index (χ4v) is 2.91. The molecule has 40 heavy (non-hydrogen) atoms. The minimum Gasteiger partial charge on any atom is -0.261 e. The summed E-state index contributed by atoms with van der Waals surface area (Å²) in [6.07, 6.45) is 14.0.